The summed E-state index contributed by atoms with van der Waals surface area (Å²) in [7, 11) is 0. The lowest BCUT2D eigenvalue weighted by molar-refractivity contribution is 0.170. The molecule has 1 aromatic heterocycles. The molecule has 0 spiro atoms. The minimum Gasteiger partial charge on any atom is -0.486 e. The van der Waals surface area contributed by atoms with Crippen molar-refractivity contribution >= 4 is 17.4 Å². The van der Waals surface area contributed by atoms with Crippen LogP contribution >= 0.6 is 11.6 Å². The van der Waals surface area contributed by atoms with Gasteiger partial charge in [-0.2, -0.15) is 0 Å². The first kappa shape index (κ1) is 14.0. The number of nitrogens with zero attached hydrogens (tertiary/aromatic N) is 1. The van der Waals surface area contributed by atoms with E-state index in [9.17, 15) is 5.11 Å². The third-order valence-corrected chi connectivity index (χ3v) is 3.60. The van der Waals surface area contributed by atoms with Crippen molar-refractivity contribution in [3.63, 3.8) is 0 Å². The summed E-state index contributed by atoms with van der Waals surface area (Å²) in [6.07, 6.45) is 0.730. The maximum Gasteiger partial charge on any atom is 0.179 e. The summed E-state index contributed by atoms with van der Waals surface area (Å²) in [6.45, 7) is 2.81. The van der Waals surface area contributed by atoms with Gasteiger partial charge in [0.05, 0.1) is 5.02 Å². The van der Waals surface area contributed by atoms with Crippen LogP contribution in [0.5, 0.6) is 11.5 Å². The molecular weight excluding hydrogens is 292 g/mol. The van der Waals surface area contributed by atoms with Gasteiger partial charge in [-0.3, -0.25) is 0 Å². The van der Waals surface area contributed by atoms with E-state index < -0.39 is 6.10 Å². The number of anilines is 1. The first-order valence-corrected chi connectivity index (χ1v) is 6.93. The Morgan fingerprint density at radius 2 is 2.05 bits per heavy atom. The van der Waals surface area contributed by atoms with Gasteiger partial charge < -0.3 is 20.3 Å². The number of fused-ring (bicyclic) bond motifs is 1. The van der Waals surface area contributed by atoms with Crippen LogP contribution in [0.25, 0.3) is 0 Å². The average Bonchev–Trinajstić information content (AvgIpc) is 2.49. The van der Waals surface area contributed by atoms with Crippen LogP contribution < -0.4 is 15.2 Å². The highest BCUT2D eigenvalue weighted by Gasteiger charge is 2.21. The molecule has 1 aromatic carbocycles. The first-order valence-electron chi connectivity index (χ1n) is 6.55. The lowest BCUT2D eigenvalue weighted by Crippen LogP contribution is -2.16. The van der Waals surface area contributed by atoms with Crippen LogP contribution in [0, 0.1) is 6.92 Å². The zero-order valence-corrected chi connectivity index (χ0v) is 12.2. The lowest BCUT2D eigenvalue weighted by Gasteiger charge is -2.22. The van der Waals surface area contributed by atoms with Gasteiger partial charge in [0.25, 0.3) is 0 Å². The number of aliphatic hydroxyl groups excluding tert-OH is 1. The quantitative estimate of drug-likeness (QED) is 0.891. The van der Waals surface area contributed by atoms with Crippen molar-refractivity contribution in [2.24, 2.45) is 0 Å². The smallest absolute Gasteiger partial charge is 0.179 e. The van der Waals surface area contributed by atoms with E-state index in [1.54, 1.807) is 24.4 Å². The molecule has 0 saturated heterocycles. The van der Waals surface area contributed by atoms with E-state index in [0.29, 0.717) is 46.7 Å². The fourth-order valence-corrected chi connectivity index (χ4v) is 2.56. The number of hydrogen-bond acceptors (Lipinski definition) is 5. The number of benzene rings is 1. The van der Waals surface area contributed by atoms with Crippen molar-refractivity contribution in [1.82, 2.24) is 4.98 Å². The topological polar surface area (TPSA) is 77.6 Å². The number of nitrogen functional groups attached to an aromatic ring is 1. The van der Waals surface area contributed by atoms with Crippen molar-refractivity contribution in [2.75, 3.05) is 18.9 Å². The molecule has 2 aromatic rings. The van der Waals surface area contributed by atoms with Crippen LogP contribution in [0.1, 0.15) is 22.8 Å². The largest absolute Gasteiger partial charge is 0.486 e. The van der Waals surface area contributed by atoms with Crippen LogP contribution in [-0.4, -0.2) is 23.3 Å². The summed E-state index contributed by atoms with van der Waals surface area (Å²) >= 11 is 6.19. The van der Waals surface area contributed by atoms with Gasteiger partial charge in [-0.1, -0.05) is 11.6 Å². The van der Waals surface area contributed by atoms with E-state index in [0.717, 1.165) is 5.56 Å². The number of aliphatic hydroxyl groups is 1. The fourth-order valence-electron chi connectivity index (χ4n) is 2.29. The molecule has 1 aliphatic heterocycles. The number of aromatic nitrogens is 1. The molecule has 1 aliphatic rings. The summed E-state index contributed by atoms with van der Waals surface area (Å²) < 4.78 is 11.0. The second-order valence-corrected chi connectivity index (χ2v) is 5.32. The molecule has 21 heavy (non-hydrogen) atoms. The molecule has 0 bridgehead atoms. The van der Waals surface area contributed by atoms with E-state index in [-0.39, 0.29) is 0 Å². The molecular formula is C15H15ClN2O3. The van der Waals surface area contributed by atoms with Crippen molar-refractivity contribution in [1.29, 1.82) is 0 Å². The highest BCUT2D eigenvalue weighted by molar-refractivity contribution is 6.32. The van der Waals surface area contributed by atoms with Crippen LogP contribution in [0.15, 0.2) is 24.4 Å². The van der Waals surface area contributed by atoms with Gasteiger partial charge in [-0.15, -0.1) is 0 Å². The van der Waals surface area contributed by atoms with Crippen LogP contribution in [-0.2, 0) is 0 Å². The van der Waals surface area contributed by atoms with Gasteiger partial charge in [0.1, 0.15) is 25.1 Å². The van der Waals surface area contributed by atoms with Crippen LogP contribution in [0.4, 0.5) is 5.82 Å². The van der Waals surface area contributed by atoms with Crippen molar-refractivity contribution in [3.8, 4) is 11.5 Å². The monoisotopic (exact) mass is 306 g/mol. The van der Waals surface area contributed by atoms with Gasteiger partial charge in [0, 0.05) is 11.8 Å². The molecule has 0 radical (unpaired) electrons. The molecule has 1 unspecified atom stereocenters. The highest BCUT2D eigenvalue weighted by atomic mass is 35.5. The summed E-state index contributed by atoms with van der Waals surface area (Å²) in [5.41, 5.74) is 7.89. The van der Waals surface area contributed by atoms with Crippen molar-refractivity contribution in [3.05, 3.63) is 46.1 Å². The molecule has 0 amide bonds. The Bertz CT molecular complexity index is 691. The van der Waals surface area contributed by atoms with Crippen LogP contribution in [0.3, 0.4) is 0 Å². The molecule has 1 atom stereocenters. The van der Waals surface area contributed by atoms with E-state index in [1.807, 2.05) is 6.92 Å². The highest BCUT2D eigenvalue weighted by Crippen LogP contribution is 2.41. The lowest BCUT2D eigenvalue weighted by atomic mass is 10.0. The molecule has 3 rings (SSSR count). The fraction of sp³-hybridized carbons (Fsp3) is 0.267. The summed E-state index contributed by atoms with van der Waals surface area (Å²) in [5, 5.41) is 11.0. The van der Waals surface area contributed by atoms with E-state index in [1.165, 1.54) is 0 Å². The second kappa shape index (κ2) is 5.42. The molecule has 0 saturated carbocycles. The third kappa shape index (κ3) is 2.62. The molecule has 6 heteroatoms. The van der Waals surface area contributed by atoms with Crippen LogP contribution in [0.2, 0.25) is 5.02 Å². The molecule has 0 fully saturated rings. The Balaban J connectivity index is 2.03. The van der Waals surface area contributed by atoms with Gasteiger partial charge in [-0.05, 0) is 36.2 Å². The Labute approximate surface area is 127 Å². The van der Waals surface area contributed by atoms with E-state index >= 15 is 0 Å². The zero-order valence-electron chi connectivity index (χ0n) is 11.5. The summed E-state index contributed by atoms with van der Waals surface area (Å²) in [6, 6.07) is 5.17. The van der Waals surface area contributed by atoms with Crippen molar-refractivity contribution in [2.45, 2.75) is 13.0 Å². The number of halogens is 1. The zero-order chi connectivity index (χ0) is 15.0. The number of nitrogens with two attached hydrogens (primary N) is 1. The van der Waals surface area contributed by atoms with Gasteiger partial charge in [0.15, 0.2) is 11.5 Å². The number of hydrogen-bond donors (Lipinski definition) is 2. The van der Waals surface area contributed by atoms with E-state index in [4.69, 9.17) is 26.8 Å². The minimum absolute atomic E-state index is 0.291. The number of rotatable bonds is 2. The normalized spacial score (nSPS) is 14.8. The predicted octanol–water partition coefficient (Wildman–Crippen LogP) is 2.48. The second-order valence-electron chi connectivity index (χ2n) is 4.92. The Hall–Kier alpha value is -1.98. The number of ether oxygens (including phenoxy) is 2. The van der Waals surface area contributed by atoms with E-state index in [2.05, 4.69) is 4.98 Å². The molecule has 0 aliphatic carbocycles. The minimum atomic E-state index is -0.925. The van der Waals surface area contributed by atoms with Gasteiger partial charge in [0.2, 0.25) is 0 Å². The summed E-state index contributed by atoms with van der Waals surface area (Å²) in [4.78, 5) is 4.06. The number of pyridine rings is 1. The Morgan fingerprint density at radius 1 is 1.29 bits per heavy atom. The van der Waals surface area contributed by atoms with Crippen molar-refractivity contribution < 1.29 is 14.6 Å². The maximum atomic E-state index is 10.5. The average molecular weight is 307 g/mol. The van der Waals surface area contributed by atoms with Gasteiger partial charge in [-0.25, -0.2) is 4.98 Å². The SMILES string of the molecule is Cc1cnc(N)c(C(O)c2cc(Cl)c3c(c2)OCCO3)c1. The van der Waals surface area contributed by atoms with Gasteiger partial charge >= 0.3 is 0 Å². The molecule has 5 nitrogen and oxygen atoms in total. The first-order chi connectivity index (χ1) is 10.1. The molecule has 3 N–H and O–H groups in total. The predicted molar refractivity (Wildman–Crippen MR) is 79.9 cm³/mol. The summed E-state index contributed by atoms with van der Waals surface area (Å²) in [5.74, 6) is 1.33. The Kier molecular flexibility index (Phi) is 3.61. The maximum absolute atomic E-state index is 10.5. The molecule has 110 valence electrons. The Morgan fingerprint density at radius 3 is 2.86 bits per heavy atom. The number of aryl methyl sites for hydroxylation is 1. The third-order valence-electron chi connectivity index (χ3n) is 3.32. The standard InChI is InChI=1S/C15H15ClN2O3/c1-8-4-10(15(17)18-7-8)13(19)9-5-11(16)14-12(6-9)20-2-3-21-14/h4-7,13,19H,2-3H2,1H3,(H2,17,18). The molecule has 2 heterocycles.